The second-order valence-corrected chi connectivity index (χ2v) is 3.14. The molecule has 0 aliphatic carbocycles. The van der Waals surface area contributed by atoms with Gasteiger partial charge in [0.15, 0.2) is 0 Å². The highest BCUT2D eigenvalue weighted by molar-refractivity contribution is 5.95. The molecule has 0 saturated heterocycles. The van der Waals surface area contributed by atoms with Gasteiger partial charge in [-0.3, -0.25) is 0 Å². The van der Waals surface area contributed by atoms with Gasteiger partial charge in [-0.05, 0) is 23.3 Å². The Hall–Kier alpha value is -1.92. The molecule has 0 bridgehead atoms. The first-order valence-corrected chi connectivity index (χ1v) is 4.54. The van der Waals surface area contributed by atoms with E-state index in [1.54, 1.807) is 0 Å². The normalized spacial score (nSPS) is 10.1. The number of rotatable bonds is 4. The molecular formula is C10H12N2O4. The van der Waals surface area contributed by atoms with Crippen molar-refractivity contribution < 1.29 is 19.8 Å². The number of carboxylic acid groups (broad SMARTS) is 2. The van der Waals surface area contributed by atoms with Crippen LogP contribution in [0.2, 0.25) is 0 Å². The summed E-state index contributed by atoms with van der Waals surface area (Å²) in [7, 11) is 0. The van der Waals surface area contributed by atoms with Crippen LogP contribution < -0.4 is 11.5 Å². The number of carboxylic acids is 2. The van der Waals surface area contributed by atoms with E-state index in [2.05, 4.69) is 0 Å². The largest absolute Gasteiger partial charge is 0.478 e. The van der Waals surface area contributed by atoms with Crippen LogP contribution in [-0.4, -0.2) is 22.2 Å². The Bertz CT molecular complexity index is 402. The second kappa shape index (κ2) is 4.73. The molecule has 1 aromatic carbocycles. The molecular weight excluding hydrogens is 212 g/mol. The predicted molar refractivity (Wildman–Crippen MR) is 56.1 cm³/mol. The number of aromatic carboxylic acids is 2. The average molecular weight is 224 g/mol. The van der Waals surface area contributed by atoms with Gasteiger partial charge in [0.05, 0.1) is 11.1 Å². The Morgan fingerprint density at radius 3 is 1.44 bits per heavy atom. The Labute approximate surface area is 91.5 Å². The third-order valence-electron chi connectivity index (χ3n) is 2.30. The zero-order chi connectivity index (χ0) is 12.3. The number of hydrogen-bond acceptors (Lipinski definition) is 4. The summed E-state index contributed by atoms with van der Waals surface area (Å²) in [5.41, 5.74) is 11.4. The molecule has 0 atom stereocenters. The van der Waals surface area contributed by atoms with Gasteiger partial charge in [0.25, 0.3) is 0 Å². The summed E-state index contributed by atoms with van der Waals surface area (Å²) in [6.07, 6.45) is 0. The lowest BCUT2D eigenvalue weighted by Gasteiger charge is -2.12. The average Bonchev–Trinajstić information content (AvgIpc) is 2.26. The maximum Gasteiger partial charge on any atom is 0.336 e. The second-order valence-electron chi connectivity index (χ2n) is 3.14. The van der Waals surface area contributed by atoms with Crippen LogP contribution in [-0.2, 0) is 13.1 Å². The van der Waals surface area contributed by atoms with Crippen molar-refractivity contribution in [3.8, 4) is 0 Å². The third kappa shape index (κ3) is 2.02. The fraction of sp³-hybridized carbons (Fsp3) is 0.200. The summed E-state index contributed by atoms with van der Waals surface area (Å²) in [6, 6.07) is 2.46. The lowest BCUT2D eigenvalue weighted by atomic mass is 9.95. The summed E-state index contributed by atoms with van der Waals surface area (Å²) < 4.78 is 0. The van der Waals surface area contributed by atoms with Gasteiger partial charge in [-0.15, -0.1) is 0 Å². The minimum Gasteiger partial charge on any atom is -0.478 e. The minimum atomic E-state index is -1.15. The molecule has 0 aliphatic heterocycles. The lowest BCUT2D eigenvalue weighted by molar-refractivity contribution is 0.0679. The molecule has 0 radical (unpaired) electrons. The topological polar surface area (TPSA) is 127 Å². The first-order chi connectivity index (χ1) is 7.52. The van der Waals surface area contributed by atoms with Gasteiger partial charge in [-0.1, -0.05) is 0 Å². The molecule has 16 heavy (non-hydrogen) atoms. The predicted octanol–water partition coefficient (Wildman–Crippen LogP) is 0.000400. The Morgan fingerprint density at radius 2 is 1.25 bits per heavy atom. The van der Waals surface area contributed by atoms with E-state index < -0.39 is 11.9 Å². The van der Waals surface area contributed by atoms with E-state index in [4.69, 9.17) is 21.7 Å². The van der Waals surface area contributed by atoms with Gasteiger partial charge in [0.2, 0.25) is 0 Å². The molecule has 86 valence electrons. The van der Waals surface area contributed by atoms with Gasteiger partial charge in [-0.25, -0.2) is 9.59 Å². The van der Waals surface area contributed by atoms with E-state index in [1.165, 1.54) is 12.1 Å². The van der Waals surface area contributed by atoms with E-state index in [-0.39, 0.29) is 35.3 Å². The Kier molecular flexibility index (Phi) is 3.60. The Morgan fingerprint density at radius 1 is 0.938 bits per heavy atom. The number of carbonyl (C=O) groups is 2. The van der Waals surface area contributed by atoms with E-state index in [0.717, 1.165) is 0 Å². The summed E-state index contributed by atoms with van der Waals surface area (Å²) in [6.45, 7) is -0.120. The van der Waals surface area contributed by atoms with Crippen molar-refractivity contribution in [2.24, 2.45) is 11.5 Å². The molecule has 6 nitrogen and oxygen atoms in total. The summed E-state index contributed by atoms with van der Waals surface area (Å²) in [5.74, 6) is -2.29. The van der Waals surface area contributed by atoms with Gasteiger partial charge in [0.1, 0.15) is 0 Å². The van der Waals surface area contributed by atoms with Crippen molar-refractivity contribution >= 4 is 11.9 Å². The summed E-state index contributed by atoms with van der Waals surface area (Å²) in [5, 5.41) is 17.8. The van der Waals surface area contributed by atoms with Crippen molar-refractivity contribution in [3.63, 3.8) is 0 Å². The van der Waals surface area contributed by atoms with Crippen LogP contribution in [0.15, 0.2) is 12.1 Å². The first kappa shape index (κ1) is 12.2. The van der Waals surface area contributed by atoms with Crippen molar-refractivity contribution in [1.29, 1.82) is 0 Å². The van der Waals surface area contributed by atoms with E-state index in [1.807, 2.05) is 0 Å². The van der Waals surface area contributed by atoms with E-state index in [0.29, 0.717) is 0 Å². The molecule has 0 spiro atoms. The van der Waals surface area contributed by atoms with Crippen molar-refractivity contribution in [2.75, 3.05) is 0 Å². The van der Waals surface area contributed by atoms with Gasteiger partial charge in [-0.2, -0.15) is 0 Å². The molecule has 0 heterocycles. The zero-order valence-electron chi connectivity index (χ0n) is 8.43. The van der Waals surface area contributed by atoms with Crippen LogP contribution in [0, 0.1) is 0 Å². The maximum atomic E-state index is 10.9. The van der Waals surface area contributed by atoms with Crippen LogP contribution in [0.3, 0.4) is 0 Å². The number of benzene rings is 1. The van der Waals surface area contributed by atoms with Gasteiger partial charge in [0, 0.05) is 13.1 Å². The highest BCUT2D eigenvalue weighted by atomic mass is 16.4. The van der Waals surface area contributed by atoms with Crippen molar-refractivity contribution in [3.05, 3.63) is 34.4 Å². The molecule has 6 heteroatoms. The highest BCUT2D eigenvalue weighted by Gasteiger charge is 2.18. The SMILES string of the molecule is NCc1c(C(=O)O)ccc(C(=O)O)c1CN. The van der Waals surface area contributed by atoms with E-state index in [9.17, 15) is 9.59 Å². The molecule has 0 aliphatic rings. The van der Waals surface area contributed by atoms with Crippen LogP contribution in [0.1, 0.15) is 31.8 Å². The van der Waals surface area contributed by atoms with Crippen LogP contribution in [0.5, 0.6) is 0 Å². The highest BCUT2D eigenvalue weighted by Crippen LogP contribution is 2.19. The molecule has 0 amide bonds. The van der Waals surface area contributed by atoms with Crippen molar-refractivity contribution in [1.82, 2.24) is 0 Å². The van der Waals surface area contributed by atoms with Crippen LogP contribution in [0.4, 0.5) is 0 Å². The van der Waals surface area contributed by atoms with Crippen LogP contribution >= 0.6 is 0 Å². The molecule has 0 aromatic heterocycles. The third-order valence-corrected chi connectivity index (χ3v) is 2.30. The molecule has 1 aromatic rings. The van der Waals surface area contributed by atoms with E-state index >= 15 is 0 Å². The van der Waals surface area contributed by atoms with Gasteiger partial charge < -0.3 is 21.7 Å². The standard InChI is InChI=1S/C10H12N2O4/c11-3-7-5(9(13)14)1-2-6(10(15)16)8(7)4-12/h1-2H,3-4,11-12H2,(H,13,14)(H,15,16). The number of hydrogen-bond donors (Lipinski definition) is 4. The lowest BCUT2D eigenvalue weighted by Crippen LogP contribution is -2.16. The zero-order valence-corrected chi connectivity index (χ0v) is 8.43. The van der Waals surface area contributed by atoms with Gasteiger partial charge >= 0.3 is 11.9 Å². The molecule has 0 unspecified atom stereocenters. The number of nitrogens with two attached hydrogens (primary N) is 2. The summed E-state index contributed by atoms with van der Waals surface area (Å²) in [4.78, 5) is 21.8. The monoisotopic (exact) mass is 224 g/mol. The van der Waals surface area contributed by atoms with Crippen LogP contribution in [0.25, 0.3) is 0 Å². The smallest absolute Gasteiger partial charge is 0.336 e. The molecule has 0 fully saturated rings. The fourth-order valence-corrected chi connectivity index (χ4v) is 1.56. The molecule has 1 rings (SSSR count). The first-order valence-electron chi connectivity index (χ1n) is 4.54. The molecule has 6 N–H and O–H groups in total. The Balaban J connectivity index is 3.52. The quantitative estimate of drug-likeness (QED) is 0.570. The minimum absolute atomic E-state index is 0.00653. The fourth-order valence-electron chi connectivity index (χ4n) is 1.56. The molecule has 0 saturated carbocycles. The summed E-state index contributed by atoms with van der Waals surface area (Å²) >= 11 is 0. The van der Waals surface area contributed by atoms with Crippen molar-refractivity contribution in [2.45, 2.75) is 13.1 Å². The maximum absolute atomic E-state index is 10.9.